The number of sulfone groups is 1. The normalized spacial score (nSPS) is 11.8. The third-order valence-electron chi connectivity index (χ3n) is 7.59. The second-order valence-corrected chi connectivity index (χ2v) is 14.1. The first kappa shape index (κ1) is 34.9. The molecule has 0 fully saturated rings. The van der Waals surface area contributed by atoms with E-state index in [-0.39, 0.29) is 5.03 Å². The van der Waals surface area contributed by atoms with Gasteiger partial charge in [-0.25, -0.2) is 23.4 Å². The van der Waals surface area contributed by atoms with Crippen molar-refractivity contribution in [3.05, 3.63) is 67.2 Å². The Morgan fingerprint density at radius 3 is 1.36 bits per heavy atom. The molecule has 1 atom stereocenters. The van der Waals surface area contributed by atoms with Crippen molar-refractivity contribution in [3.63, 3.8) is 0 Å². The van der Waals surface area contributed by atoms with Gasteiger partial charge in [0.15, 0.2) is 14.9 Å². The Balaban J connectivity index is 0.000000293. The number of thioether (sulfide) groups is 1. The molecule has 0 aliphatic heterocycles. The van der Waals surface area contributed by atoms with E-state index in [1.807, 2.05) is 41.5 Å². The van der Waals surface area contributed by atoms with Crippen molar-refractivity contribution in [2.75, 3.05) is 18.8 Å². The summed E-state index contributed by atoms with van der Waals surface area (Å²) in [5, 5.41) is 2.09. The van der Waals surface area contributed by atoms with Crippen LogP contribution >= 0.6 is 11.8 Å². The van der Waals surface area contributed by atoms with Crippen LogP contribution in [0.25, 0.3) is 0 Å². The molecule has 0 amide bonds. The molecule has 6 nitrogen and oxygen atoms in total. The van der Waals surface area contributed by atoms with Crippen LogP contribution in [0.2, 0.25) is 0 Å². The van der Waals surface area contributed by atoms with Gasteiger partial charge in [0, 0.05) is 29.6 Å². The molecule has 0 aromatic carbocycles. The Kier molecular flexibility index (Phi) is 12.5. The van der Waals surface area contributed by atoms with Crippen molar-refractivity contribution in [1.82, 2.24) is 15.0 Å². The Hall–Kier alpha value is -2.10. The van der Waals surface area contributed by atoms with Crippen molar-refractivity contribution >= 4 is 32.4 Å². The average Bonchev–Trinajstić information content (AvgIpc) is 2.86. The van der Waals surface area contributed by atoms with Crippen LogP contribution in [0.3, 0.4) is 0 Å². The van der Waals surface area contributed by atoms with E-state index in [1.165, 1.54) is 34.1 Å². The highest BCUT2D eigenvalue weighted by atomic mass is 32.2. The van der Waals surface area contributed by atoms with Gasteiger partial charge in [0.2, 0.25) is 0 Å². The lowest BCUT2D eigenvalue weighted by Gasteiger charge is -2.11. The van der Waals surface area contributed by atoms with Crippen molar-refractivity contribution in [1.29, 1.82) is 0 Å². The third kappa shape index (κ3) is 8.44. The number of pyridine rings is 3. The predicted molar refractivity (Wildman–Crippen MR) is 167 cm³/mol. The van der Waals surface area contributed by atoms with Gasteiger partial charge in [-0.15, -0.1) is 11.8 Å². The van der Waals surface area contributed by atoms with Crippen LogP contribution in [-0.2, 0) is 20.6 Å². The molecule has 0 bridgehead atoms. The zero-order valence-corrected chi connectivity index (χ0v) is 28.7. The summed E-state index contributed by atoms with van der Waals surface area (Å²) >= 11 is 1.72. The SMILES string of the molecule is CSc1nc(C)c(C)c(C)c1C.Cc1nc(S(C)(=O)=O)c(C)c(C)c1C.Cc1nc(S(C)=O)c(C)c(C)c1C. The van der Waals surface area contributed by atoms with Crippen LogP contribution in [0.5, 0.6) is 0 Å². The van der Waals surface area contributed by atoms with E-state index in [1.54, 1.807) is 24.9 Å². The van der Waals surface area contributed by atoms with Crippen molar-refractivity contribution < 1.29 is 12.6 Å². The molecule has 9 heteroatoms. The summed E-state index contributed by atoms with van der Waals surface area (Å²) in [4.78, 5) is 13.0. The smallest absolute Gasteiger partial charge is 0.193 e. The minimum Gasteiger partial charge on any atom is -0.253 e. The van der Waals surface area contributed by atoms with E-state index in [0.29, 0.717) is 0 Å². The molecule has 0 aliphatic carbocycles. The molecule has 216 valence electrons. The Bertz CT molecular complexity index is 1510. The number of nitrogens with zero attached hydrogens (tertiary/aromatic N) is 3. The number of hydrogen-bond donors (Lipinski definition) is 0. The van der Waals surface area contributed by atoms with Crippen LogP contribution in [0.1, 0.15) is 67.2 Å². The highest BCUT2D eigenvalue weighted by Gasteiger charge is 2.16. The fraction of sp³-hybridized carbons (Fsp3) is 0.500. The topological polar surface area (TPSA) is 89.9 Å². The zero-order valence-electron chi connectivity index (χ0n) is 26.3. The molecular formula is C30H45N3O3S3. The lowest BCUT2D eigenvalue weighted by Crippen LogP contribution is -2.08. The standard InChI is InChI=1S/C10H15NO2S.C10H15NOS.C10H15NS/c1-6-7(2)9(4)11-10(8(6)3)14(5,12)13;1-6-7(2)9(4)11-10(8(6)3)13(5)12;1-6-7(2)9(4)11-10(12-5)8(6)3/h1-5H3;1-5H3;1-5H3. The molecule has 3 rings (SSSR count). The molecule has 0 spiro atoms. The summed E-state index contributed by atoms with van der Waals surface area (Å²) in [7, 11) is -4.19. The molecule has 0 saturated heterocycles. The summed E-state index contributed by atoms with van der Waals surface area (Å²) < 4.78 is 34.1. The molecule has 39 heavy (non-hydrogen) atoms. The summed E-state index contributed by atoms with van der Waals surface area (Å²) in [6.45, 7) is 24.1. The maximum atomic E-state index is 11.4. The van der Waals surface area contributed by atoms with Crippen molar-refractivity contribution in [2.45, 2.75) is 98.2 Å². The molecule has 0 saturated carbocycles. The Morgan fingerprint density at radius 1 is 0.564 bits per heavy atom. The lowest BCUT2D eigenvalue weighted by atomic mass is 10.1. The summed E-state index contributed by atoms with van der Waals surface area (Å²) in [6, 6.07) is 0. The fourth-order valence-corrected chi connectivity index (χ4v) is 6.49. The number of aromatic nitrogens is 3. The van der Waals surface area contributed by atoms with E-state index in [0.717, 1.165) is 49.4 Å². The highest BCUT2D eigenvalue weighted by Crippen LogP contribution is 2.24. The van der Waals surface area contributed by atoms with Gasteiger partial charge in [-0.05, 0) is 139 Å². The van der Waals surface area contributed by atoms with Gasteiger partial charge in [-0.2, -0.15) is 0 Å². The van der Waals surface area contributed by atoms with Crippen LogP contribution in [-0.4, -0.2) is 46.3 Å². The van der Waals surface area contributed by atoms with E-state index in [4.69, 9.17) is 0 Å². The first-order valence-electron chi connectivity index (χ1n) is 12.7. The number of rotatable bonds is 3. The van der Waals surface area contributed by atoms with Gasteiger partial charge in [-0.3, -0.25) is 4.21 Å². The quantitative estimate of drug-likeness (QED) is 0.309. The maximum Gasteiger partial charge on any atom is 0.193 e. The largest absolute Gasteiger partial charge is 0.253 e. The van der Waals surface area contributed by atoms with Gasteiger partial charge in [0.25, 0.3) is 0 Å². The molecular weight excluding hydrogens is 547 g/mol. The molecule has 3 aromatic heterocycles. The first-order chi connectivity index (χ1) is 17.8. The van der Waals surface area contributed by atoms with Gasteiger partial charge in [0.05, 0.1) is 15.8 Å². The van der Waals surface area contributed by atoms with Crippen LogP contribution < -0.4 is 0 Å². The minimum absolute atomic E-state index is 0.207. The lowest BCUT2D eigenvalue weighted by molar-refractivity contribution is 0.596. The number of aryl methyl sites for hydroxylation is 3. The van der Waals surface area contributed by atoms with Gasteiger partial charge in [0.1, 0.15) is 5.03 Å². The van der Waals surface area contributed by atoms with Crippen LogP contribution in [0.15, 0.2) is 15.1 Å². The monoisotopic (exact) mass is 591 g/mol. The van der Waals surface area contributed by atoms with Gasteiger partial charge in [-0.1, -0.05) is 0 Å². The van der Waals surface area contributed by atoms with Gasteiger partial charge < -0.3 is 0 Å². The Labute approximate surface area is 243 Å². The average molecular weight is 592 g/mol. The van der Waals surface area contributed by atoms with E-state index in [2.05, 4.69) is 55.8 Å². The minimum atomic E-state index is -3.21. The molecule has 0 N–H and O–H groups in total. The van der Waals surface area contributed by atoms with Crippen LogP contribution in [0.4, 0.5) is 0 Å². The van der Waals surface area contributed by atoms with E-state index >= 15 is 0 Å². The molecule has 3 heterocycles. The third-order valence-corrected chi connectivity index (χ3v) is 10.4. The molecule has 1 unspecified atom stereocenters. The number of hydrogen-bond acceptors (Lipinski definition) is 7. The summed E-state index contributed by atoms with van der Waals surface area (Å²) in [5.74, 6) is 0. The second-order valence-electron chi connectivity index (χ2n) is 10.1. The fourth-order valence-electron chi connectivity index (χ4n) is 3.94. The molecule has 3 aromatic rings. The van der Waals surface area contributed by atoms with Crippen molar-refractivity contribution in [2.24, 2.45) is 0 Å². The van der Waals surface area contributed by atoms with Crippen LogP contribution in [0, 0.1) is 83.1 Å². The summed E-state index contributed by atoms with van der Waals surface area (Å²) in [6.07, 6.45) is 4.93. The summed E-state index contributed by atoms with van der Waals surface area (Å²) in [5.41, 5.74) is 13.3. The van der Waals surface area contributed by atoms with Crippen molar-refractivity contribution in [3.8, 4) is 0 Å². The maximum absolute atomic E-state index is 11.4. The molecule has 0 radical (unpaired) electrons. The van der Waals surface area contributed by atoms with Gasteiger partial charge >= 0.3 is 0 Å². The zero-order chi connectivity index (χ0) is 30.6. The predicted octanol–water partition coefficient (Wildman–Crippen LogP) is 6.81. The highest BCUT2D eigenvalue weighted by molar-refractivity contribution is 7.98. The van der Waals surface area contributed by atoms with E-state index in [9.17, 15) is 12.6 Å². The Morgan fingerprint density at radius 2 is 0.949 bits per heavy atom. The first-order valence-corrected chi connectivity index (χ1v) is 17.4. The second kappa shape index (κ2) is 14.0. The molecule has 0 aliphatic rings. The van der Waals surface area contributed by atoms with E-state index < -0.39 is 20.6 Å².